The van der Waals surface area contributed by atoms with Crippen molar-refractivity contribution in [2.45, 2.75) is 19.8 Å². The summed E-state index contributed by atoms with van der Waals surface area (Å²) in [6.45, 7) is 2.46. The van der Waals surface area contributed by atoms with E-state index in [-0.39, 0.29) is 0 Å². The average molecular weight is 152 g/mol. The molecule has 0 heterocycles. The third-order valence-corrected chi connectivity index (χ3v) is 1.35. The highest BCUT2D eigenvalue weighted by atomic mass is 31.2. The molecule has 5 heteroatoms. The molecule has 0 fully saturated rings. The highest BCUT2D eigenvalue weighted by Crippen LogP contribution is 2.31. The van der Waals surface area contributed by atoms with Gasteiger partial charge in [0.1, 0.15) is 0 Å². The Balaban J connectivity index is 2.88. The van der Waals surface area contributed by atoms with E-state index in [4.69, 9.17) is 0 Å². The second-order valence-electron chi connectivity index (χ2n) is 1.52. The molecule has 0 aliphatic rings. The normalized spacial score (nSPS) is 13.7. The van der Waals surface area contributed by atoms with Gasteiger partial charge in [-0.3, -0.25) is 0 Å². The van der Waals surface area contributed by atoms with Gasteiger partial charge in [0.15, 0.2) is 0 Å². The largest absolute Gasteiger partial charge is 0.380 e. The molecule has 0 bridgehead atoms. The molecule has 1 atom stereocenters. The molecule has 2 N–H and O–H groups in total. The summed E-state index contributed by atoms with van der Waals surface area (Å²) in [5.41, 5.74) is 0. The van der Waals surface area contributed by atoms with Crippen LogP contribution in [0.25, 0.3) is 0 Å². The summed E-state index contributed by atoms with van der Waals surface area (Å²) in [5.74, 6) is 4.55. The molecule has 1 unspecified atom stereocenters. The standard InChI is InChI=1S/C4H11NO3P/c1-2-3-4-7-9(6)8-5/h2-5H2,1H3. The van der Waals surface area contributed by atoms with Gasteiger partial charge in [0, 0.05) is 0 Å². The Bertz CT molecular complexity index is 63.8. The van der Waals surface area contributed by atoms with Crippen molar-refractivity contribution < 1.29 is 14.0 Å². The Morgan fingerprint density at radius 3 is 2.78 bits per heavy atom. The molecule has 4 nitrogen and oxygen atoms in total. The number of hydrogen-bond donors (Lipinski definition) is 1. The Labute approximate surface area is 55.9 Å². The van der Waals surface area contributed by atoms with Crippen LogP contribution < -0.4 is 5.90 Å². The van der Waals surface area contributed by atoms with Gasteiger partial charge in [-0.05, 0) is 6.42 Å². The first-order chi connectivity index (χ1) is 4.31. The van der Waals surface area contributed by atoms with Crippen LogP contribution in [-0.2, 0) is 14.0 Å². The lowest BCUT2D eigenvalue weighted by Crippen LogP contribution is -1.95. The fourth-order valence-corrected chi connectivity index (χ4v) is 0.653. The first kappa shape index (κ1) is 9.27. The highest BCUT2D eigenvalue weighted by Gasteiger charge is 2.04. The van der Waals surface area contributed by atoms with E-state index in [1.165, 1.54) is 0 Å². The Morgan fingerprint density at radius 1 is 1.67 bits per heavy atom. The van der Waals surface area contributed by atoms with Gasteiger partial charge in [0.2, 0.25) is 0 Å². The molecule has 9 heavy (non-hydrogen) atoms. The molecule has 0 rings (SSSR count). The third kappa shape index (κ3) is 6.15. The SMILES string of the molecule is CCCCOP([O])ON. The molecule has 0 aliphatic carbocycles. The van der Waals surface area contributed by atoms with Crippen molar-refractivity contribution in [3.8, 4) is 0 Å². The fraction of sp³-hybridized carbons (Fsp3) is 1.00. The number of hydrogen-bond acceptors (Lipinski definition) is 3. The van der Waals surface area contributed by atoms with Gasteiger partial charge in [0.25, 0.3) is 0 Å². The van der Waals surface area contributed by atoms with Crippen LogP contribution >= 0.6 is 8.60 Å². The maximum atomic E-state index is 10.3. The molecule has 1 radical (unpaired) electrons. The molecule has 55 valence electrons. The van der Waals surface area contributed by atoms with E-state index in [1.54, 1.807) is 0 Å². The van der Waals surface area contributed by atoms with E-state index in [2.05, 4.69) is 15.0 Å². The Hall–Kier alpha value is 0.270. The maximum Gasteiger partial charge on any atom is 0.380 e. The number of rotatable bonds is 5. The fourth-order valence-electron chi connectivity index (χ4n) is 0.314. The first-order valence-electron chi connectivity index (χ1n) is 2.78. The van der Waals surface area contributed by atoms with Gasteiger partial charge in [0.05, 0.1) is 6.61 Å². The lowest BCUT2D eigenvalue weighted by Gasteiger charge is -2.02. The van der Waals surface area contributed by atoms with Crippen molar-refractivity contribution in [3.05, 3.63) is 0 Å². The van der Waals surface area contributed by atoms with Crippen LogP contribution in [0.5, 0.6) is 0 Å². The minimum absolute atomic E-state index is 0.447. The second kappa shape index (κ2) is 6.39. The van der Waals surface area contributed by atoms with E-state index in [0.29, 0.717) is 6.61 Å². The molecule has 0 saturated heterocycles. The van der Waals surface area contributed by atoms with Gasteiger partial charge in [-0.1, -0.05) is 13.3 Å². The van der Waals surface area contributed by atoms with Crippen LogP contribution in [0.15, 0.2) is 0 Å². The number of unbranched alkanes of at least 4 members (excludes halogenated alkanes) is 1. The van der Waals surface area contributed by atoms with Crippen LogP contribution in [0.2, 0.25) is 0 Å². The zero-order valence-electron chi connectivity index (χ0n) is 5.37. The monoisotopic (exact) mass is 152 g/mol. The molecule has 0 aromatic rings. The summed E-state index contributed by atoms with van der Waals surface area (Å²) in [6, 6.07) is 0. The first-order valence-corrected chi connectivity index (χ1v) is 3.87. The Morgan fingerprint density at radius 2 is 2.33 bits per heavy atom. The number of nitrogens with two attached hydrogens (primary N) is 1. The molecular weight excluding hydrogens is 141 g/mol. The lowest BCUT2D eigenvalue weighted by molar-refractivity contribution is 0.179. The van der Waals surface area contributed by atoms with E-state index >= 15 is 0 Å². The minimum atomic E-state index is -2.06. The minimum Gasteiger partial charge on any atom is -0.310 e. The topological polar surface area (TPSA) is 64.4 Å². The van der Waals surface area contributed by atoms with Gasteiger partial charge >= 0.3 is 8.60 Å². The summed E-state index contributed by atoms with van der Waals surface area (Å²) in [6.07, 6.45) is 1.89. The van der Waals surface area contributed by atoms with Crippen molar-refractivity contribution in [1.82, 2.24) is 0 Å². The van der Waals surface area contributed by atoms with Gasteiger partial charge < -0.3 is 4.52 Å². The smallest absolute Gasteiger partial charge is 0.310 e. The van der Waals surface area contributed by atoms with E-state index in [9.17, 15) is 4.89 Å². The van der Waals surface area contributed by atoms with Crippen LogP contribution in [0, 0.1) is 0 Å². The van der Waals surface area contributed by atoms with Crippen LogP contribution in [-0.4, -0.2) is 6.61 Å². The Kier molecular flexibility index (Phi) is 6.58. The van der Waals surface area contributed by atoms with Crippen LogP contribution in [0.1, 0.15) is 19.8 Å². The second-order valence-corrected chi connectivity index (χ2v) is 2.43. The molecule has 0 aromatic carbocycles. The molecule has 0 spiro atoms. The van der Waals surface area contributed by atoms with Crippen molar-refractivity contribution in [2.75, 3.05) is 6.61 Å². The summed E-state index contributed by atoms with van der Waals surface area (Å²) < 4.78 is 8.48. The molecule has 0 saturated carbocycles. The average Bonchev–Trinajstić information content (AvgIpc) is 1.89. The van der Waals surface area contributed by atoms with Gasteiger partial charge in [-0.15, -0.1) is 4.89 Å². The maximum absolute atomic E-state index is 10.3. The van der Waals surface area contributed by atoms with Crippen LogP contribution in [0.3, 0.4) is 0 Å². The predicted molar refractivity (Wildman–Crippen MR) is 33.7 cm³/mol. The van der Waals surface area contributed by atoms with Crippen molar-refractivity contribution in [3.63, 3.8) is 0 Å². The summed E-state index contributed by atoms with van der Waals surface area (Å²) in [7, 11) is -2.06. The summed E-state index contributed by atoms with van der Waals surface area (Å²) >= 11 is 0. The van der Waals surface area contributed by atoms with E-state index in [1.807, 2.05) is 6.92 Å². The van der Waals surface area contributed by atoms with Gasteiger partial charge in [-0.2, -0.15) is 0 Å². The van der Waals surface area contributed by atoms with Crippen molar-refractivity contribution in [2.24, 2.45) is 5.90 Å². The molecule has 0 aromatic heterocycles. The third-order valence-electron chi connectivity index (χ3n) is 0.781. The quantitative estimate of drug-likeness (QED) is 0.367. The van der Waals surface area contributed by atoms with Crippen molar-refractivity contribution >= 4 is 8.60 Å². The molecular formula is C4H11NO3P. The predicted octanol–water partition coefficient (Wildman–Crippen LogP) is 1.35. The molecule has 0 aliphatic heterocycles. The highest BCUT2D eigenvalue weighted by molar-refractivity contribution is 7.40. The summed E-state index contributed by atoms with van der Waals surface area (Å²) in [5, 5.41) is 0. The van der Waals surface area contributed by atoms with Crippen LogP contribution in [0.4, 0.5) is 0 Å². The zero-order valence-corrected chi connectivity index (χ0v) is 6.27. The lowest BCUT2D eigenvalue weighted by atomic mass is 10.4. The zero-order chi connectivity index (χ0) is 7.11. The van der Waals surface area contributed by atoms with E-state index < -0.39 is 8.60 Å². The summed E-state index contributed by atoms with van der Waals surface area (Å²) in [4.78, 5) is 10.3. The van der Waals surface area contributed by atoms with Crippen molar-refractivity contribution in [1.29, 1.82) is 0 Å². The van der Waals surface area contributed by atoms with Gasteiger partial charge in [-0.25, -0.2) is 10.5 Å². The van der Waals surface area contributed by atoms with E-state index in [0.717, 1.165) is 12.8 Å². The molecule has 0 amide bonds.